The highest BCUT2D eigenvalue weighted by Crippen LogP contribution is 2.04. The van der Waals surface area contributed by atoms with Crippen molar-refractivity contribution in [2.24, 2.45) is 5.92 Å². The molecular weight excluding hydrogens is 182 g/mol. The fourth-order valence-electron chi connectivity index (χ4n) is 1.29. The Morgan fingerprint density at radius 2 is 2.00 bits per heavy atom. The molecule has 0 bridgehead atoms. The molecule has 0 aromatic carbocycles. The molecule has 3 N–H and O–H groups in total. The maximum Gasteiger partial charge on any atom is 0.220 e. The van der Waals surface area contributed by atoms with Gasteiger partial charge in [-0.1, -0.05) is 13.8 Å². The van der Waals surface area contributed by atoms with Gasteiger partial charge in [-0.05, 0) is 18.8 Å². The molecule has 84 valence electrons. The molecule has 0 spiro atoms. The average molecular weight is 203 g/mol. The van der Waals surface area contributed by atoms with E-state index >= 15 is 0 Å². The third-order valence-electron chi connectivity index (χ3n) is 1.90. The van der Waals surface area contributed by atoms with Crippen molar-refractivity contribution in [3.63, 3.8) is 0 Å². The first-order valence-electron chi connectivity index (χ1n) is 5.11. The summed E-state index contributed by atoms with van der Waals surface area (Å²) in [5.41, 5.74) is 0. The quantitative estimate of drug-likeness (QED) is 0.556. The molecule has 0 saturated carbocycles. The van der Waals surface area contributed by atoms with Gasteiger partial charge in [0.1, 0.15) is 0 Å². The van der Waals surface area contributed by atoms with Crippen LogP contribution in [0.2, 0.25) is 0 Å². The summed E-state index contributed by atoms with van der Waals surface area (Å²) in [5.74, 6) is 0.351. The smallest absolute Gasteiger partial charge is 0.220 e. The van der Waals surface area contributed by atoms with Crippen LogP contribution >= 0.6 is 0 Å². The van der Waals surface area contributed by atoms with Crippen LogP contribution in [0.5, 0.6) is 0 Å². The summed E-state index contributed by atoms with van der Waals surface area (Å²) >= 11 is 0. The largest absolute Gasteiger partial charge is 0.396 e. The molecule has 0 aliphatic rings. The number of hydrogen-bond acceptors (Lipinski definition) is 3. The summed E-state index contributed by atoms with van der Waals surface area (Å²) in [6.07, 6.45) is 1.58. The zero-order valence-corrected chi connectivity index (χ0v) is 8.99. The van der Waals surface area contributed by atoms with E-state index in [4.69, 9.17) is 10.2 Å². The molecule has 0 rings (SSSR count). The van der Waals surface area contributed by atoms with E-state index in [-0.39, 0.29) is 25.2 Å². The molecule has 1 amide bonds. The van der Waals surface area contributed by atoms with Gasteiger partial charge >= 0.3 is 0 Å². The second kappa shape index (κ2) is 7.76. The number of rotatable bonds is 7. The number of nitrogens with one attached hydrogen (secondary N) is 1. The van der Waals surface area contributed by atoms with Crippen LogP contribution in [0.25, 0.3) is 0 Å². The van der Waals surface area contributed by atoms with Crippen LogP contribution in [0.3, 0.4) is 0 Å². The highest BCUT2D eigenvalue weighted by molar-refractivity contribution is 5.76. The average Bonchev–Trinajstić information content (AvgIpc) is 2.12. The number of aliphatic hydroxyl groups is 2. The van der Waals surface area contributed by atoms with Crippen molar-refractivity contribution in [1.82, 2.24) is 5.32 Å². The molecule has 0 heterocycles. The van der Waals surface area contributed by atoms with Gasteiger partial charge in [-0.25, -0.2) is 0 Å². The second-order valence-electron chi connectivity index (χ2n) is 3.90. The normalized spacial score (nSPS) is 12.9. The summed E-state index contributed by atoms with van der Waals surface area (Å²) in [4.78, 5) is 11.2. The highest BCUT2D eigenvalue weighted by atomic mass is 16.3. The topological polar surface area (TPSA) is 69.6 Å². The Bertz CT molecular complexity index is 159. The molecule has 14 heavy (non-hydrogen) atoms. The maximum atomic E-state index is 11.2. The molecule has 0 radical (unpaired) electrons. The second-order valence-corrected chi connectivity index (χ2v) is 3.90. The molecule has 4 nitrogen and oxygen atoms in total. The standard InChI is InChI=1S/C10H21NO3/c1-8(2)6-9(7-13)11-10(14)4-3-5-12/h8-9,12-13H,3-7H2,1-2H3,(H,11,14). The number of aliphatic hydroxyl groups excluding tert-OH is 2. The van der Waals surface area contributed by atoms with E-state index in [1.54, 1.807) is 0 Å². The Balaban J connectivity index is 3.74. The summed E-state index contributed by atoms with van der Waals surface area (Å²) in [7, 11) is 0. The van der Waals surface area contributed by atoms with Crippen LogP contribution in [0.4, 0.5) is 0 Å². The molecule has 0 fully saturated rings. The van der Waals surface area contributed by atoms with Crippen LogP contribution in [0, 0.1) is 5.92 Å². The predicted octanol–water partition coefficient (Wildman–Crippen LogP) is 0.282. The summed E-state index contributed by atoms with van der Waals surface area (Å²) in [5, 5.41) is 20.2. The monoisotopic (exact) mass is 203 g/mol. The third-order valence-corrected chi connectivity index (χ3v) is 1.90. The van der Waals surface area contributed by atoms with Gasteiger partial charge in [-0.15, -0.1) is 0 Å². The zero-order valence-electron chi connectivity index (χ0n) is 8.99. The van der Waals surface area contributed by atoms with Gasteiger partial charge in [0.25, 0.3) is 0 Å². The fourth-order valence-corrected chi connectivity index (χ4v) is 1.29. The molecule has 0 aliphatic carbocycles. The van der Waals surface area contributed by atoms with Crippen LogP contribution in [0.1, 0.15) is 33.1 Å². The van der Waals surface area contributed by atoms with E-state index in [1.165, 1.54) is 0 Å². The molecule has 1 atom stereocenters. The lowest BCUT2D eigenvalue weighted by atomic mass is 10.0. The van der Waals surface area contributed by atoms with E-state index in [2.05, 4.69) is 5.32 Å². The molecule has 0 aliphatic heterocycles. The summed E-state index contributed by atoms with van der Waals surface area (Å²) in [6.45, 7) is 4.09. The predicted molar refractivity (Wildman–Crippen MR) is 54.8 cm³/mol. The summed E-state index contributed by atoms with van der Waals surface area (Å²) < 4.78 is 0. The first kappa shape index (κ1) is 13.4. The lowest BCUT2D eigenvalue weighted by Crippen LogP contribution is -2.38. The highest BCUT2D eigenvalue weighted by Gasteiger charge is 2.12. The van der Waals surface area contributed by atoms with Crippen molar-refractivity contribution in [3.05, 3.63) is 0 Å². The lowest BCUT2D eigenvalue weighted by Gasteiger charge is -2.17. The first-order valence-corrected chi connectivity index (χ1v) is 5.11. The Hall–Kier alpha value is -0.610. The van der Waals surface area contributed by atoms with Crippen molar-refractivity contribution in [1.29, 1.82) is 0 Å². The number of amides is 1. The Morgan fingerprint density at radius 1 is 1.36 bits per heavy atom. The molecular formula is C10H21NO3. The third kappa shape index (κ3) is 6.86. The van der Waals surface area contributed by atoms with Crippen molar-refractivity contribution < 1.29 is 15.0 Å². The van der Waals surface area contributed by atoms with E-state index in [0.29, 0.717) is 18.8 Å². The Morgan fingerprint density at radius 3 is 2.43 bits per heavy atom. The van der Waals surface area contributed by atoms with Crippen molar-refractivity contribution in [3.8, 4) is 0 Å². The molecule has 4 heteroatoms. The minimum Gasteiger partial charge on any atom is -0.396 e. The molecule has 0 saturated heterocycles. The SMILES string of the molecule is CC(C)CC(CO)NC(=O)CCCO. The zero-order chi connectivity index (χ0) is 11.0. The number of hydrogen-bond donors (Lipinski definition) is 3. The van der Waals surface area contributed by atoms with Gasteiger partial charge in [0, 0.05) is 13.0 Å². The lowest BCUT2D eigenvalue weighted by molar-refractivity contribution is -0.122. The van der Waals surface area contributed by atoms with Crippen molar-refractivity contribution >= 4 is 5.91 Å². The van der Waals surface area contributed by atoms with Crippen LogP contribution in [-0.2, 0) is 4.79 Å². The number of carbonyl (C=O) groups is 1. The summed E-state index contributed by atoms with van der Waals surface area (Å²) in [6, 6.07) is -0.152. The van der Waals surface area contributed by atoms with Crippen LogP contribution in [-0.4, -0.2) is 35.4 Å². The minimum atomic E-state index is -0.152. The fraction of sp³-hybridized carbons (Fsp3) is 0.900. The van der Waals surface area contributed by atoms with E-state index in [1.807, 2.05) is 13.8 Å². The van der Waals surface area contributed by atoms with Gasteiger partial charge in [0.15, 0.2) is 0 Å². The van der Waals surface area contributed by atoms with Gasteiger partial charge in [0.2, 0.25) is 5.91 Å². The van der Waals surface area contributed by atoms with E-state index in [0.717, 1.165) is 6.42 Å². The van der Waals surface area contributed by atoms with Crippen molar-refractivity contribution in [2.75, 3.05) is 13.2 Å². The molecule has 0 aromatic rings. The maximum absolute atomic E-state index is 11.2. The number of carbonyl (C=O) groups excluding carboxylic acids is 1. The van der Waals surface area contributed by atoms with Gasteiger partial charge < -0.3 is 15.5 Å². The van der Waals surface area contributed by atoms with Crippen LogP contribution in [0.15, 0.2) is 0 Å². The first-order chi connectivity index (χ1) is 6.60. The van der Waals surface area contributed by atoms with E-state index < -0.39 is 0 Å². The minimum absolute atomic E-state index is 0.0248. The Labute approximate surface area is 85.3 Å². The van der Waals surface area contributed by atoms with Crippen molar-refractivity contribution in [2.45, 2.75) is 39.2 Å². The van der Waals surface area contributed by atoms with Gasteiger partial charge in [0.05, 0.1) is 12.6 Å². The molecule has 0 aromatic heterocycles. The van der Waals surface area contributed by atoms with Gasteiger partial charge in [-0.3, -0.25) is 4.79 Å². The van der Waals surface area contributed by atoms with Gasteiger partial charge in [-0.2, -0.15) is 0 Å². The van der Waals surface area contributed by atoms with Crippen LogP contribution < -0.4 is 5.32 Å². The molecule has 1 unspecified atom stereocenters. The Kier molecular flexibility index (Phi) is 7.42. The van der Waals surface area contributed by atoms with E-state index in [9.17, 15) is 4.79 Å².